The maximum Gasteiger partial charge on any atom is 0.243 e. The molecule has 0 aliphatic rings. The van der Waals surface area contributed by atoms with Crippen LogP contribution in [0.2, 0.25) is 0 Å². The highest BCUT2D eigenvalue weighted by Gasteiger charge is 2.07. The first kappa shape index (κ1) is 18.9. The van der Waals surface area contributed by atoms with E-state index in [0.717, 1.165) is 15.7 Å². The SMILES string of the molecule is CNCCC(=O)NCC(=O)Nc1ccc(Br)cc1C.Cl. The second-order valence-corrected chi connectivity index (χ2v) is 5.05. The maximum atomic E-state index is 11.7. The van der Waals surface area contributed by atoms with E-state index in [1.807, 2.05) is 25.1 Å². The summed E-state index contributed by atoms with van der Waals surface area (Å²) in [4.78, 5) is 23.0. The largest absolute Gasteiger partial charge is 0.347 e. The van der Waals surface area contributed by atoms with Gasteiger partial charge in [-0.05, 0) is 37.7 Å². The highest BCUT2D eigenvalue weighted by Crippen LogP contribution is 2.19. The van der Waals surface area contributed by atoms with Crippen molar-refractivity contribution in [2.45, 2.75) is 13.3 Å². The molecule has 2 amide bonds. The number of carbonyl (C=O) groups is 2. The smallest absolute Gasteiger partial charge is 0.243 e. The summed E-state index contributed by atoms with van der Waals surface area (Å²) in [5.41, 5.74) is 1.71. The molecule has 0 unspecified atom stereocenters. The zero-order valence-corrected chi connectivity index (χ0v) is 13.9. The molecule has 0 spiro atoms. The molecule has 1 aromatic rings. The molecule has 0 aliphatic heterocycles. The van der Waals surface area contributed by atoms with Gasteiger partial charge in [-0.25, -0.2) is 0 Å². The highest BCUT2D eigenvalue weighted by atomic mass is 79.9. The molecule has 3 N–H and O–H groups in total. The Morgan fingerprint density at radius 3 is 2.55 bits per heavy atom. The minimum atomic E-state index is -0.233. The molecule has 1 rings (SSSR count). The first-order chi connectivity index (χ1) is 9.02. The van der Waals surface area contributed by atoms with Crippen LogP contribution in [-0.4, -0.2) is 32.0 Å². The number of nitrogens with one attached hydrogen (secondary N) is 3. The molecular weight excluding hydrogens is 346 g/mol. The summed E-state index contributed by atoms with van der Waals surface area (Å²) in [5, 5.41) is 8.20. The molecule has 1 aromatic carbocycles. The van der Waals surface area contributed by atoms with Crippen molar-refractivity contribution in [3.8, 4) is 0 Å². The molecule has 5 nitrogen and oxygen atoms in total. The summed E-state index contributed by atoms with van der Waals surface area (Å²) < 4.78 is 0.961. The summed E-state index contributed by atoms with van der Waals surface area (Å²) in [5.74, 6) is -0.375. The number of amides is 2. The molecule has 0 saturated heterocycles. The number of benzene rings is 1. The van der Waals surface area contributed by atoms with Gasteiger partial charge >= 0.3 is 0 Å². The standard InChI is InChI=1S/C13H18BrN3O2.ClH/c1-9-7-10(14)3-4-11(9)17-13(19)8-16-12(18)5-6-15-2;/h3-4,7,15H,5-6,8H2,1-2H3,(H,16,18)(H,17,19);1H. The number of anilines is 1. The quantitative estimate of drug-likeness (QED) is 0.721. The van der Waals surface area contributed by atoms with Gasteiger partial charge in [0.05, 0.1) is 6.54 Å². The molecule has 0 bridgehead atoms. The predicted molar refractivity (Wildman–Crippen MR) is 86.3 cm³/mol. The van der Waals surface area contributed by atoms with E-state index in [9.17, 15) is 9.59 Å². The van der Waals surface area contributed by atoms with E-state index in [1.165, 1.54) is 0 Å². The van der Waals surface area contributed by atoms with Crippen LogP contribution in [0.5, 0.6) is 0 Å². The minimum absolute atomic E-state index is 0. The van der Waals surface area contributed by atoms with Crippen molar-refractivity contribution in [2.24, 2.45) is 0 Å². The second-order valence-electron chi connectivity index (χ2n) is 4.14. The van der Waals surface area contributed by atoms with Crippen molar-refractivity contribution >= 4 is 45.8 Å². The molecule has 20 heavy (non-hydrogen) atoms. The fourth-order valence-corrected chi connectivity index (χ4v) is 1.94. The van der Waals surface area contributed by atoms with Gasteiger partial charge in [0.15, 0.2) is 0 Å². The second kappa shape index (κ2) is 9.74. The van der Waals surface area contributed by atoms with Crippen molar-refractivity contribution in [1.29, 1.82) is 0 Å². The minimum Gasteiger partial charge on any atom is -0.347 e. The van der Waals surface area contributed by atoms with Crippen LogP contribution in [0.4, 0.5) is 5.69 Å². The highest BCUT2D eigenvalue weighted by molar-refractivity contribution is 9.10. The first-order valence-corrected chi connectivity index (χ1v) is 6.79. The van der Waals surface area contributed by atoms with Crippen LogP contribution in [0.3, 0.4) is 0 Å². The lowest BCUT2D eigenvalue weighted by molar-refractivity contribution is -0.124. The van der Waals surface area contributed by atoms with Gasteiger partial charge in [-0.15, -0.1) is 12.4 Å². The van der Waals surface area contributed by atoms with Crippen molar-refractivity contribution in [3.05, 3.63) is 28.2 Å². The Hall–Kier alpha value is -1.11. The fraction of sp³-hybridized carbons (Fsp3) is 0.385. The lowest BCUT2D eigenvalue weighted by Gasteiger charge is -2.09. The van der Waals surface area contributed by atoms with E-state index in [2.05, 4.69) is 31.9 Å². The molecular formula is C13H19BrClN3O2. The average Bonchev–Trinajstić information content (AvgIpc) is 2.37. The van der Waals surface area contributed by atoms with Crippen LogP contribution >= 0.6 is 28.3 Å². The molecule has 0 aliphatic carbocycles. The monoisotopic (exact) mass is 363 g/mol. The molecule has 0 aromatic heterocycles. The van der Waals surface area contributed by atoms with Crippen LogP contribution in [-0.2, 0) is 9.59 Å². The zero-order valence-electron chi connectivity index (χ0n) is 11.5. The Labute approximate surface area is 133 Å². The van der Waals surface area contributed by atoms with E-state index in [4.69, 9.17) is 0 Å². The Morgan fingerprint density at radius 1 is 1.25 bits per heavy atom. The zero-order chi connectivity index (χ0) is 14.3. The van der Waals surface area contributed by atoms with Gasteiger partial charge in [-0.1, -0.05) is 15.9 Å². The maximum absolute atomic E-state index is 11.7. The van der Waals surface area contributed by atoms with E-state index in [0.29, 0.717) is 13.0 Å². The van der Waals surface area contributed by atoms with Crippen LogP contribution < -0.4 is 16.0 Å². The summed E-state index contributed by atoms with van der Waals surface area (Å²) >= 11 is 3.36. The molecule has 0 heterocycles. The topological polar surface area (TPSA) is 70.2 Å². The van der Waals surface area contributed by atoms with E-state index in [1.54, 1.807) is 7.05 Å². The summed E-state index contributed by atoms with van der Waals surface area (Å²) in [6.07, 6.45) is 0.362. The van der Waals surface area contributed by atoms with Crippen LogP contribution in [0, 0.1) is 6.92 Å². The van der Waals surface area contributed by atoms with Crippen molar-refractivity contribution in [1.82, 2.24) is 10.6 Å². The van der Waals surface area contributed by atoms with Crippen LogP contribution in [0.15, 0.2) is 22.7 Å². The van der Waals surface area contributed by atoms with Gasteiger partial charge in [0, 0.05) is 23.1 Å². The molecule has 0 fully saturated rings. The molecule has 0 atom stereocenters. The third-order valence-electron chi connectivity index (χ3n) is 2.51. The molecule has 7 heteroatoms. The normalized spacial score (nSPS) is 9.55. The average molecular weight is 365 g/mol. The van der Waals surface area contributed by atoms with Crippen molar-refractivity contribution < 1.29 is 9.59 Å². The predicted octanol–water partition coefficient (Wildman–Crippen LogP) is 1.84. The molecule has 0 radical (unpaired) electrons. The third-order valence-corrected chi connectivity index (χ3v) is 3.00. The Bertz CT molecular complexity index is 469. The van der Waals surface area contributed by atoms with E-state index in [-0.39, 0.29) is 30.8 Å². The Morgan fingerprint density at radius 2 is 1.95 bits per heavy atom. The Kier molecular flexibility index (Phi) is 9.20. The summed E-state index contributed by atoms with van der Waals surface area (Å²) in [6.45, 7) is 2.49. The Balaban J connectivity index is 0.00000361. The van der Waals surface area contributed by atoms with Gasteiger partial charge in [0.2, 0.25) is 11.8 Å². The van der Waals surface area contributed by atoms with Crippen molar-refractivity contribution in [3.63, 3.8) is 0 Å². The summed E-state index contributed by atoms with van der Waals surface area (Å²) in [6, 6.07) is 5.59. The van der Waals surface area contributed by atoms with Gasteiger partial charge in [-0.2, -0.15) is 0 Å². The number of rotatable bonds is 6. The first-order valence-electron chi connectivity index (χ1n) is 6.00. The summed E-state index contributed by atoms with van der Waals surface area (Å²) in [7, 11) is 1.77. The van der Waals surface area contributed by atoms with Crippen LogP contribution in [0.25, 0.3) is 0 Å². The van der Waals surface area contributed by atoms with Gasteiger partial charge in [-0.3, -0.25) is 9.59 Å². The third kappa shape index (κ3) is 6.88. The number of carbonyl (C=O) groups excluding carboxylic acids is 2. The van der Waals surface area contributed by atoms with E-state index < -0.39 is 0 Å². The van der Waals surface area contributed by atoms with Crippen LogP contribution in [0.1, 0.15) is 12.0 Å². The van der Waals surface area contributed by atoms with Crippen molar-refractivity contribution in [2.75, 3.05) is 25.5 Å². The number of halogens is 2. The number of hydrogen-bond acceptors (Lipinski definition) is 3. The molecule has 112 valence electrons. The lowest BCUT2D eigenvalue weighted by Crippen LogP contribution is -2.34. The fourth-order valence-electron chi connectivity index (χ4n) is 1.47. The number of aryl methyl sites for hydroxylation is 1. The van der Waals surface area contributed by atoms with Gasteiger partial charge < -0.3 is 16.0 Å². The van der Waals surface area contributed by atoms with E-state index >= 15 is 0 Å². The van der Waals surface area contributed by atoms with Gasteiger partial charge in [0.25, 0.3) is 0 Å². The van der Waals surface area contributed by atoms with Gasteiger partial charge in [0.1, 0.15) is 0 Å². The molecule has 0 saturated carbocycles. The lowest BCUT2D eigenvalue weighted by atomic mass is 10.2. The number of hydrogen-bond donors (Lipinski definition) is 3.